The minimum Gasteiger partial charge on any atom is -0.409 e. The van der Waals surface area contributed by atoms with E-state index in [0.717, 1.165) is 4.47 Å². The molecule has 3 N–H and O–H groups in total. The van der Waals surface area contributed by atoms with Crippen molar-refractivity contribution in [2.45, 2.75) is 6.92 Å². The third-order valence-electron chi connectivity index (χ3n) is 2.68. The predicted molar refractivity (Wildman–Crippen MR) is 78.7 cm³/mol. The van der Waals surface area contributed by atoms with E-state index in [2.05, 4.69) is 21.1 Å². The van der Waals surface area contributed by atoms with Gasteiger partial charge in [-0.15, -0.1) is 0 Å². The van der Waals surface area contributed by atoms with E-state index in [1.165, 1.54) is 4.90 Å². The summed E-state index contributed by atoms with van der Waals surface area (Å²) in [5, 5.41) is 11.9. The van der Waals surface area contributed by atoms with Gasteiger partial charge in [-0.05, 0) is 18.2 Å². The van der Waals surface area contributed by atoms with Gasteiger partial charge in [-0.25, -0.2) is 0 Å². The first kappa shape index (κ1) is 15.8. The molecule has 5 nitrogen and oxygen atoms in total. The van der Waals surface area contributed by atoms with Crippen LogP contribution in [0.25, 0.3) is 0 Å². The summed E-state index contributed by atoms with van der Waals surface area (Å²) in [4.78, 5) is 13.7. The van der Waals surface area contributed by atoms with Crippen LogP contribution in [0.15, 0.2) is 27.8 Å². The number of amidine groups is 1. The summed E-state index contributed by atoms with van der Waals surface area (Å²) < 4.78 is 0.807. The topological polar surface area (TPSA) is 78.9 Å². The van der Waals surface area contributed by atoms with Gasteiger partial charge in [-0.3, -0.25) is 4.79 Å². The summed E-state index contributed by atoms with van der Waals surface area (Å²) in [7, 11) is 1.64. The Bertz CT molecular complexity index is 508. The zero-order chi connectivity index (χ0) is 14.6. The van der Waals surface area contributed by atoms with Crippen LogP contribution >= 0.6 is 27.5 Å². The minimum atomic E-state index is -0.242. The van der Waals surface area contributed by atoms with Gasteiger partial charge in [0, 0.05) is 24.0 Å². The van der Waals surface area contributed by atoms with Crippen molar-refractivity contribution in [1.82, 2.24) is 4.90 Å². The third-order valence-corrected chi connectivity index (χ3v) is 3.48. The molecule has 0 aliphatic heterocycles. The summed E-state index contributed by atoms with van der Waals surface area (Å²) in [6.07, 6.45) is 0. The van der Waals surface area contributed by atoms with Gasteiger partial charge in [0.1, 0.15) is 5.84 Å². The van der Waals surface area contributed by atoms with E-state index < -0.39 is 0 Å². The molecule has 0 fully saturated rings. The molecule has 0 bridgehead atoms. The fraction of sp³-hybridized carbons (Fsp3) is 0.333. The number of carbonyl (C=O) groups is 1. The minimum absolute atomic E-state index is 0.0848. The highest BCUT2D eigenvalue weighted by Crippen LogP contribution is 2.22. The average Bonchev–Trinajstić information content (AvgIpc) is 2.36. The van der Waals surface area contributed by atoms with Gasteiger partial charge in [0.25, 0.3) is 5.91 Å². The number of rotatable bonds is 4. The first-order valence-corrected chi connectivity index (χ1v) is 6.71. The monoisotopic (exact) mass is 347 g/mol. The lowest BCUT2D eigenvalue weighted by Crippen LogP contribution is -2.36. The second-order valence-electron chi connectivity index (χ2n) is 4.24. The molecular formula is C12H15BrClN3O2. The van der Waals surface area contributed by atoms with Crippen molar-refractivity contribution >= 4 is 39.3 Å². The summed E-state index contributed by atoms with van der Waals surface area (Å²) in [5.74, 6) is -0.371. The van der Waals surface area contributed by atoms with Crippen molar-refractivity contribution in [2.75, 3.05) is 13.6 Å². The molecular weight excluding hydrogens is 334 g/mol. The van der Waals surface area contributed by atoms with Crippen molar-refractivity contribution in [2.24, 2.45) is 16.8 Å². The highest BCUT2D eigenvalue weighted by Gasteiger charge is 2.18. The molecule has 1 atom stereocenters. The number of hydrogen-bond donors (Lipinski definition) is 2. The summed E-state index contributed by atoms with van der Waals surface area (Å²) in [6, 6.07) is 5.06. The number of nitrogens with zero attached hydrogens (tertiary/aromatic N) is 2. The van der Waals surface area contributed by atoms with Crippen molar-refractivity contribution in [3.63, 3.8) is 0 Å². The molecule has 0 heterocycles. The van der Waals surface area contributed by atoms with Crippen LogP contribution in [-0.2, 0) is 0 Å². The maximum Gasteiger partial charge on any atom is 0.255 e. The SMILES string of the molecule is CC(CN(C)C(=O)c1ccc(Br)cc1Cl)C(N)=NO. The lowest BCUT2D eigenvalue weighted by molar-refractivity contribution is 0.0786. The van der Waals surface area contributed by atoms with Crippen LogP contribution in [-0.4, -0.2) is 35.4 Å². The second-order valence-corrected chi connectivity index (χ2v) is 5.56. The van der Waals surface area contributed by atoms with E-state index in [1.54, 1.807) is 32.2 Å². The highest BCUT2D eigenvalue weighted by molar-refractivity contribution is 9.10. The molecule has 1 amide bonds. The molecule has 0 saturated heterocycles. The quantitative estimate of drug-likeness (QED) is 0.380. The van der Waals surface area contributed by atoms with E-state index in [0.29, 0.717) is 17.1 Å². The Morgan fingerprint density at radius 2 is 2.26 bits per heavy atom. The van der Waals surface area contributed by atoms with Crippen molar-refractivity contribution in [3.8, 4) is 0 Å². The van der Waals surface area contributed by atoms with E-state index in [1.807, 2.05) is 0 Å². The first-order valence-electron chi connectivity index (χ1n) is 5.54. The van der Waals surface area contributed by atoms with Gasteiger partial charge in [-0.2, -0.15) is 0 Å². The molecule has 1 rings (SSSR count). The van der Waals surface area contributed by atoms with Crippen molar-refractivity contribution in [1.29, 1.82) is 0 Å². The van der Waals surface area contributed by atoms with E-state index >= 15 is 0 Å². The van der Waals surface area contributed by atoms with Crippen LogP contribution < -0.4 is 5.73 Å². The van der Waals surface area contributed by atoms with Gasteiger partial charge in [0.15, 0.2) is 0 Å². The van der Waals surface area contributed by atoms with Crippen LogP contribution in [0.1, 0.15) is 17.3 Å². The lowest BCUT2D eigenvalue weighted by atomic mass is 10.1. The molecule has 0 aliphatic rings. The number of benzene rings is 1. The van der Waals surface area contributed by atoms with Gasteiger partial charge >= 0.3 is 0 Å². The Balaban J connectivity index is 2.82. The molecule has 19 heavy (non-hydrogen) atoms. The Kier molecular flexibility index (Phi) is 5.62. The summed E-state index contributed by atoms with van der Waals surface area (Å²) in [5.41, 5.74) is 5.90. The Morgan fingerprint density at radius 3 is 2.79 bits per heavy atom. The maximum absolute atomic E-state index is 12.2. The Morgan fingerprint density at radius 1 is 1.63 bits per heavy atom. The average molecular weight is 349 g/mol. The van der Waals surface area contributed by atoms with Crippen LogP contribution in [0.5, 0.6) is 0 Å². The number of oxime groups is 1. The highest BCUT2D eigenvalue weighted by atomic mass is 79.9. The van der Waals surface area contributed by atoms with Crippen LogP contribution in [0, 0.1) is 5.92 Å². The standard InChI is InChI=1S/C12H15BrClN3O2/c1-7(11(15)16-19)6-17(2)12(18)9-4-3-8(13)5-10(9)14/h3-5,7,19H,6H2,1-2H3,(H2,15,16). The molecule has 0 spiro atoms. The van der Waals surface area contributed by atoms with Gasteiger partial charge in [0.05, 0.1) is 10.6 Å². The number of carbonyl (C=O) groups excluding carboxylic acids is 1. The summed E-state index contributed by atoms with van der Waals surface area (Å²) >= 11 is 9.31. The number of amides is 1. The lowest BCUT2D eigenvalue weighted by Gasteiger charge is -2.21. The van der Waals surface area contributed by atoms with Gasteiger partial charge in [0.2, 0.25) is 0 Å². The molecule has 1 aromatic carbocycles. The predicted octanol–water partition coefficient (Wildman–Crippen LogP) is 2.56. The molecule has 0 aliphatic carbocycles. The molecule has 7 heteroatoms. The van der Waals surface area contributed by atoms with Crippen LogP contribution in [0.2, 0.25) is 5.02 Å². The zero-order valence-corrected chi connectivity index (χ0v) is 12.9. The van der Waals surface area contributed by atoms with Crippen LogP contribution in [0.4, 0.5) is 0 Å². The van der Waals surface area contributed by atoms with Gasteiger partial charge in [-0.1, -0.05) is 39.6 Å². The Labute approximate surface area is 125 Å². The molecule has 0 radical (unpaired) electrons. The van der Waals surface area contributed by atoms with E-state index in [4.69, 9.17) is 22.5 Å². The second kappa shape index (κ2) is 6.77. The number of nitrogens with two attached hydrogens (primary N) is 1. The molecule has 0 saturated carbocycles. The first-order chi connectivity index (χ1) is 8.86. The smallest absolute Gasteiger partial charge is 0.255 e. The fourth-order valence-corrected chi connectivity index (χ4v) is 2.31. The molecule has 104 valence electrons. The molecule has 1 unspecified atom stereocenters. The van der Waals surface area contributed by atoms with Gasteiger partial charge < -0.3 is 15.8 Å². The van der Waals surface area contributed by atoms with E-state index in [-0.39, 0.29) is 17.7 Å². The Hall–Kier alpha value is -1.27. The van der Waals surface area contributed by atoms with Crippen LogP contribution in [0.3, 0.4) is 0 Å². The molecule has 1 aromatic rings. The number of hydrogen-bond acceptors (Lipinski definition) is 3. The largest absolute Gasteiger partial charge is 0.409 e. The maximum atomic E-state index is 12.2. The molecule has 0 aromatic heterocycles. The normalized spacial score (nSPS) is 13.2. The van der Waals surface area contributed by atoms with E-state index in [9.17, 15) is 4.79 Å². The van der Waals surface area contributed by atoms with Crippen molar-refractivity contribution in [3.05, 3.63) is 33.3 Å². The fourth-order valence-electron chi connectivity index (χ4n) is 1.55. The number of halogens is 2. The van der Waals surface area contributed by atoms with Crippen molar-refractivity contribution < 1.29 is 10.0 Å². The summed E-state index contributed by atoms with van der Waals surface area (Å²) in [6.45, 7) is 2.10. The third kappa shape index (κ3) is 4.11. The zero-order valence-electron chi connectivity index (χ0n) is 10.6.